The van der Waals surface area contributed by atoms with E-state index >= 15 is 0 Å². The Labute approximate surface area is 187 Å². The minimum atomic E-state index is -1.24. The number of rotatable bonds is 6. The monoisotopic (exact) mass is 454 g/mol. The molecule has 1 atom stereocenters. The smallest absolute Gasteiger partial charge is 0.341 e. The van der Waals surface area contributed by atoms with E-state index in [4.69, 9.17) is 21.1 Å². The van der Waals surface area contributed by atoms with E-state index in [1.165, 1.54) is 12.3 Å². The highest BCUT2D eigenvalue weighted by Crippen LogP contribution is 2.43. The summed E-state index contributed by atoms with van der Waals surface area (Å²) >= 11 is 6.34. The standard InChI is InChI=1S/C21H25ClN2O5.H2S/c1-21(2,3)17-9-12-8-16(29-7-5-6-28-4)19(22)23-18(12)14-10-15(25)13(20(26)27)11-24(14)17;/h8,10-11,17H,5-7,9H2,1-4H3,(H,26,27);1H2/t17-;/m0./s1. The van der Waals surface area contributed by atoms with Crippen LogP contribution in [-0.2, 0) is 11.2 Å². The van der Waals surface area contributed by atoms with Gasteiger partial charge in [-0.25, -0.2) is 9.78 Å². The number of aromatic nitrogens is 2. The number of hydrogen-bond donors (Lipinski definition) is 1. The number of methoxy groups -OCH3 is 1. The summed E-state index contributed by atoms with van der Waals surface area (Å²) in [6.45, 7) is 7.28. The van der Waals surface area contributed by atoms with Crippen molar-refractivity contribution in [2.24, 2.45) is 5.41 Å². The van der Waals surface area contributed by atoms with Gasteiger partial charge in [-0.3, -0.25) is 4.79 Å². The first-order chi connectivity index (χ1) is 13.6. The average molecular weight is 455 g/mol. The molecule has 164 valence electrons. The lowest BCUT2D eigenvalue weighted by molar-refractivity contribution is 0.0693. The number of fused-ring (bicyclic) bond motifs is 3. The molecule has 0 fully saturated rings. The number of carboxylic acids is 1. The van der Waals surface area contributed by atoms with Crippen molar-refractivity contribution in [3.8, 4) is 17.1 Å². The zero-order valence-corrected chi connectivity index (χ0v) is 19.2. The van der Waals surface area contributed by atoms with Gasteiger partial charge in [0.05, 0.1) is 18.0 Å². The summed E-state index contributed by atoms with van der Waals surface area (Å²) in [6, 6.07) is 3.14. The fourth-order valence-corrected chi connectivity index (χ4v) is 3.76. The van der Waals surface area contributed by atoms with Gasteiger partial charge in [-0.1, -0.05) is 32.4 Å². The third-order valence-electron chi connectivity index (χ3n) is 5.07. The Kier molecular flexibility index (Phi) is 7.60. The molecule has 0 unspecified atom stereocenters. The number of hydrogen-bond acceptors (Lipinski definition) is 5. The van der Waals surface area contributed by atoms with Crippen molar-refractivity contribution in [2.45, 2.75) is 39.7 Å². The van der Waals surface area contributed by atoms with Gasteiger partial charge in [0.25, 0.3) is 0 Å². The zero-order chi connectivity index (χ0) is 21.3. The van der Waals surface area contributed by atoms with Crippen LogP contribution in [0.5, 0.6) is 5.75 Å². The molecule has 0 bridgehead atoms. The Morgan fingerprint density at radius 3 is 2.63 bits per heavy atom. The highest BCUT2D eigenvalue weighted by Gasteiger charge is 2.34. The van der Waals surface area contributed by atoms with Crippen LogP contribution in [0, 0.1) is 5.41 Å². The molecule has 1 N–H and O–H groups in total. The molecule has 30 heavy (non-hydrogen) atoms. The second-order valence-electron chi connectivity index (χ2n) is 8.21. The zero-order valence-electron chi connectivity index (χ0n) is 17.5. The van der Waals surface area contributed by atoms with Crippen molar-refractivity contribution < 1.29 is 19.4 Å². The molecule has 0 spiro atoms. The second kappa shape index (κ2) is 9.41. The first-order valence-corrected chi connectivity index (χ1v) is 9.82. The van der Waals surface area contributed by atoms with Crippen LogP contribution in [0.15, 0.2) is 23.1 Å². The highest BCUT2D eigenvalue weighted by molar-refractivity contribution is 7.59. The first kappa shape index (κ1) is 24.2. The number of carbonyl (C=O) groups is 1. The topological polar surface area (TPSA) is 90.7 Å². The van der Waals surface area contributed by atoms with Crippen LogP contribution in [0.4, 0.5) is 0 Å². The van der Waals surface area contributed by atoms with E-state index in [0.717, 1.165) is 12.0 Å². The largest absolute Gasteiger partial charge is 0.490 e. The predicted molar refractivity (Wildman–Crippen MR) is 120 cm³/mol. The van der Waals surface area contributed by atoms with Gasteiger partial charge in [-0.2, -0.15) is 13.5 Å². The normalized spacial score (nSPS) is 15.0. The molecule has 0 radical (unpaired) electrons. The molecule has 0 saturated heterocycles. The van der Waals surface area contributed by atoms with Gasteiger partial charge in [-0.15, -0.1) is 0 Å². The Morgan fingerprint density at radius 2 is 2.03 bits per heavy atom. The molecule has 2 aromatic rings. The highest BCUT2D eigenvalue weighted by atomic mass is 35.5. The van der Waals surface area contributed by atoms with Crippen molar-refractivity contribution >= 4 is 31.1 Å². The number of nitrogens with zero attached hydrogens (tertiary/aromatic N) is 2. The Hall–Kier alpha value is -2.03. The number of halogens is 1. The van der Waals surface area contributed by atoms with E-state index in [9.17, 15) is 14.7 Å². The van der Waals surface area contributed by atoms with Crippen molar-refractivity contribution in [2.75, 3.05) is 20.3 Å². The van der Waals surface area contributed by atoms with Gasteiger partial charge in [0.1, 0.15) is 5.56 Å². The number of carboxylic acid groups (broad SMARTS) is 1. The van der Waals surface area contributed by atoms with Crippen LogP contribution >= 0.6 is 25.1 Å². The minimum Gasteiger partial charge on any atom is -0.490 e. The van der Waals surface area contributed by atoms with Gasteiger partial charge < -0.3 is 19.1 Å². The molecule has 9 heteroatoms. The van der Waals surface area contributed by atoms with Crippen LogP contribution in [0.1, 0.15) is 49.2 Å². The maximum absolute atomic E-state index is 12.4. The van der Waals surface area contributed by atoms with Crippen LogP contribution in [0.2, 0.25) is 5.15 Å². The average Bonchev–Trinajstić information content (AvgIpc) is 2.63. The van der Waals surface area contributed by atoms with E-state index < -0.39 is 11.4 Å². The lowest BCUT2D eigenvalue weighted by atomic mass is 9.80. The molecule has 3 heterocycles. The molecule has 0 aromatic carbocycles. The van der Waals surface area contributed by atoms with Crippen LogP contribution in [0.3, 0.4) is 0 Å². The SMILES string of the molecule is COCCCOc1cc2c(nc1Cl)-c1cc(=O)c(C(=O)O)cn1[C@H](C(C)(C)C)C2.S. The summed E-state index contributed by atoms with van der Waals surface area (Å²) < 4.78 is 12.6. The third kappa shape index (κ3) is 4.82. The molecule has 0 saturated carbocycles. The van der Waals surface area contributed by atoms with E-state index in [0.29, 0.717) is 36.8 Å². The lowest BCUT2D eigenvalue weighted by Crippen LogP contribution is -2.33. The molecule has 0 amide bonds. The maximum Gasteiger partial charge on any atom is 0.341 e. The van der Waals surface area contributed by atoms with Crippen LogP contribution < -0.4 is 10.2 Å². The van der Waals surface area contributed by atoms with Gasteiger partial charge in [0.2, 0.25) is 0 Å². The summed E-state index contributed by atoms with van der Waals surface area (Å²) in [4.78, 5) is 28.3. The third-order valence-corrected chi connectivity index (χ3v) is 5.35. The number of pyridine rings is 2. The lowest BCUT2D eigenvalue weighted by Gasteiger charge is -2.38. The summed E-state index contributed by atoms with van der Waals surface area (Å²) in [5.74, 6) is -0.748. The molecule has 3 rings (SSSR count). The maximum atomic E-state index is 12.4. The van der Waals surface area contributed by atoms with Crippen LogP contribution in [-0.4, -0.2) is 41.0 Å². The number of aromatic carboxylic acids is 1. The van der Waals surface area contributed by atoms with Crippen LogP contribution in [0.25, 0.3) is 11.4 Å². The first-order valence-electron chi connectivity index (χ1n) is 9.44. The van der Waals surface area contributed by atoms with Crippen molar-refractivity contribution in [3.63, 3.8) is 0 Å². The number of ether oxygens (including phenoxy) is 2. The van der Waals surface area contributed by atoms with Gasteiger partial charge in [0, 0.05) is 38.4 Å². The second-order valence-corrected chi connectivity index (χ2v) is 8.57. The van der Waals surface area contributed by atoms with Gasteiger partial charge >= 0.3 is 5.97 Å². The van der Waals surface area contributed by atoms with E-state index in [2.05, 4.69) is 25.8 Å². The quantitative estimate of drug-likeness (QED) is 0.525. The van der Waals surface area contributed by atoms with Gasteiger partial charge in [0.15, 0.2) is 16.3 Å². The van der Waals surface area contributed by atoms with Gasteiger partial charge in [-0.05, 0) is 23.5 Å². The molecule has 1 aliphatic rings. The molecule has 0 aliphatic carbocycles. The Bertz CT molecular complexity index is 1000. The summed E-state index contributed by atoms with van der Waals surface area (Å²) in [6.07, 6.45) is 2.76. The summed E-state index contributed by atoms with van der Waals surface area (Å²) in [5, 5.41) is 9.58. The Balaban J connectivity index is 0.00000320. The van der Waals surface area contributed by atoms with E-state index in [-0.39, 0.29) is 35.7 Å². The van der Waals surface area contributed by atoms with Crippen molar-refractivity contribution in [1.82, 2.24) is 9.55 Å². The predicted octanol–water partition coefficient (Wildman–Crippen LogP) is 3.93. The Morgan fingerprint density at radius 1 is 1.33 bits per heavy atom. The molecule has 7 nitrogen and oxygen atoms in total. The summed E-state index contributed by atoms with van der Waals surface area (Å²) in [5.41, 5.74) is 1.06. The fourth-order valence-electron chi connectivity index (χ4n) is 3.56. The summed E-state index contributed by atoms with van der Waals surface area (Å²) in [7, 11) is 1.63. The van der Waals surface area contributed by atoms with E-state index in [1.807, 2.05) is 10.6 Å². The minimum absolute atomic E-state index is 0. The van der Waals surface area contributed by atoms with Crippen molar-refractivity contribution in [1.29, 1.82) is 0 Å². The molecule has 1 aliphatic heterocycles. The molecular weight excluding hydrogens is 428 g/mol. The van der Waals surface area contributed by atoms with E-state index in [1.54, 1.807) is 7.11 Å². The molecule has 2 aromatic heterocycles. The van der Waals surface area contributed by atoms with Crippen molar-refractivity contribution in [3.05, 3.63) is 44.8 Å². The molecular formula is C21H27ClN2O5S. The fraction of sp³-hybridized carbons (Fsp3) is 0.476.